The molecule has 130 heavy (non-hydrogen) atoms. The van der Waals surface area contributed by atoms with Crippen molar-refractivity contribution < 1.29 is 69.5 Å². The molecule has 0 spiro atoms. The molecular weight excluding hydrogens is 1710 g/mol. The van der Waals surface area contributed by atoms with Crippen LogP contribution in [0.1, 0.15) is 155 Å². The molecular formula is C97H120ClN15O15S2. The van der Waals surface area contributed by atoms with E-state index in [1.807, 2.05) is 73.3 Å². The first-order valence-corrected chi connectivity index (χ1v) is 46.6. The molecule has 3 aliphatic carbocycles. The highest BCUT2D eigenvalue weighted by Crippen LogP contribution is 2.35. The normalized spacial score (nSPS) is 20.2. The molecule has 7 aromatic rings. The summed E-state index contributed by atoms with van der Waals surface area (Å²) in [4.78, 5) is 115. The number of para-hydroxylation sites is 2. The number of ketones is 4. The molecule has 7 fully saturated rings. The molecule has 5 aliphatic heterocycles. The van der Waals surface area contributed by atoms with Crippen LogP contribution in [0.4, 0.5) is 17.1 Å². The summed E-state index contributed by atoms with van der Waals surface area (Å²) in [7, 11) is -3.62. The summed E-state index contributed by atoms with van der Waals surface area (Å²) in [6.45, 7) is 32.8. The van der Waals surface area contributed by atoms with E-state index in [4.69, 9.17) is 32.5 Å². The van der Waals surface area contributed by atoms with Gasteiger partial charge < -0.3 is 62.7 Å². The van der Waals surface area contributed by atoms with Crippen molar-refractivity contribution in [3.63, 3.8) is 0 Å². The number of carbonyl (C=O) groups excluding carboxylic acids is 9. The Morgan fingerprint density at radius 2 is 1.05 bits per heavy atom. The maximum Gasteiger partial charge on any atom is 0.243 e. The number of imidazole rings is 1. The molecule has 6 heterocycles. The van der Waals surface area contributed by atoms with Crippen molar-refractivity contribution in [2.24, 2.45) is 13.0 Å². The smallest absolute Gasteiger partial charge is 0.243 e. The van der Waals surface area contributed by atoms with Crippen LogP contribution in [0, 0.1) is 5.92 Å². The van der Waals surface area contributed by atoms with Crippen molar-refractivity contribution in [1.82, 2.24) is 60.7 Å². The van der Waals surface area contributed by atoms with E-state index in [0.717, 1.165) is 123 Å². The number of carbonyl (C=O) groups is 9. The summed E-state index contributed by atoms with van der Waals surface area (Å²) in [6, 6.07) is 43.6. The third kappa shape index (κ3) is 31.6. The highest BCUT2D eigenvalue weighted by Gasteiger charge is 2.35. The Morgan fingerprint density at radius 3 is 1.60 bits per heavy atom. The standard InChI is InChI=1S/C16H17ClN2O3.C16H19NO3.C16H21NO.C14H17NO.2C12H15N3O3S.C11H16N4O/c1-10-6-7-11(16(22)18-10)8-14(20)12-4-2-3-5-13(12)19-15(21)9-17;1-11-3-5-13(14(18)7-11)17(2)9-12-4-6-15-16(8-12)20-10-19-15;1-3-17(12-14-7-5-4-6-8-14)15-10-9-13(2)11-16(15)18;1-11-7-8-13(14(16)9-11)15-10-12-5-3-2-4-6-12;1-8-5-6-11(12(16)14-8)15-19(17,18)10-4-2-3-9(13)7-10;1-8-6-7-10(12(16)14-8)15-19(17,18)11-5-3-2-4-9(11)13;1-8-3-4-10(11(16)14-8)13-6-9-5-12-7-15(9)2/h2-5,11H,1,6-9H2,(H,18,22)(H,19,21);4,6,8,13H,1,3,5,7,9-10H2,2H3;4-8,15H,2-3,9-12H2,1H3;2-6,13,15H,1,7-10H2;2-4,7,11,15H,1,5-6,13H2,(H,14,16);2-5,10,15H,1,6-7,13H2,(H,14,16);5,7,10,13H,1,3-4,6H2,2H3,(H,14,16). The molecule has 0 radical (unpaired) electrons. The molecule has 3 saturated carbocycles. The fourth-order valence-electron chi connectivity index (χ4n) is 15.3. The number of hydrogen-bond donors (Lipinski definition) is 11. The molecule has 30 nitrogen and oxygen atoms in total. The molecule has 692 valence electrons. The molecule has 8 aliphatic rings. The van der Waals surface area contributed by atoms with Gasteiger partial charge in [0.1, 0.15) is 22.9 Å². The number of alkyl halides is 1. The van der Waals surface area contributed by atoms with Gasteiger partial charge in [0.25, 0.3) is 0 Å². The highest BCUT2D eigenvalue weighted by atomic mass is 35.5. The average molecular weight is 1840 g/mol. The van der Waals surface area contributed by atoms with E-state index < -0.39 is 38.0 Å². The van der Waals surface area contributed by atoms with Crippen LogP contribution in [0.25, 0.3) is 0 Å². The summed E-state index contributed by atoms with van der Waals surface area (Å²) in [6.07, 6.45) is 15.7. The number of halogens is 1. The number of aryl methyl sites for hydroxylation is 1. The van der Waals surface area contributed by atoms with Gasteiger partial charge in [0.05, 0.1) is 52.5 Å². The van der Waals surface area contributed by atoms with Gasteiger partial charge in [0.2, 0.25) is 56.4 Å². The van der Waals surface area contributed by atoms with Crippen molar-refractivity contribution >= 4 is 101 Å². The van der Waals surface area contributed by atoms with Crippen LogP contribution in [0.3, 0.4) is 0 Å². The minimum absolute atomic E-state index is 0.00548. The van der Waals surface area contributed by atoms with Crippen molar-refractivity contribution in [2.75, 3.05) is 43.0 Å². The van der Waals surface area contributed by atoms with Crippen molar-refractivity contribution in [1.29, 1.82) is 0 Å². The average Bonchev–Trinajstić information content (AvgIpc) is 0.982. The number of benzene rings is 6. The Morgan fingerprint density at radius 1 is 0.531 bits per heavy atom. The molecule has 7 atom stereocenters. The number of nitrogens with zero attached hydrogens (tertiary/aromatic N) is 4. The third-order valence-corrected chi connectivity index (χ3v) is 25.9. The number of allylic oxidation sites excluding steroid dienone is 7. The molecule has 7 unspecified atom stereocenters. The van der Waals surface area contributed by atoms with Gasteiger partial charge in [-0.1, -0.05) is 167 Å². The quantitative estimate of drug-likeness (QED) is 0.0116. The first kappa shape index (κ1) is 102. The number of hydrogen-bond acceptors (Lipinski definition) is 22. The van der Waals surface area contributed by atoms with Gasteiger partial charge in [0, 0.05) is 105 Å². The van der Waals surface area contributed by atoms with Crippen LogP contribution in [0.15, 0.2) is 260 Å². The number of nitrogens with two attached hydrogens (primary N) is 2. The molecule has 33 heteroatoms. The van der Waals surface area contributed by atoms with Crippen molar-refractivity contribution in [3.05, 3.63) is 278 Å². The van der Waals surface area contributed by atoms with Gasteiger partial charge in [-0.3, -0.25) is 53.0 Å². The van der Waals surface area contributed by atoms with E-state index in [1.54, 1.807) is 61.1 Å². The minimum atomic E-state index is -3.81. The first-order valence-electron chi connectivity index (χ1n) is 43.1. The summed E-state index contributed by atoms with van der Waals surface area (Å²) in [5.74, 6) is 0.432. The fourth-order valence-corrected chi connectivity index (χ4v) is 18.0. The molecule has 0 bridgehead atoms. The lowest BCUT2D eigenvalue weighted by atomic mass is 9.89. The van der Waals surface area contributed by atoms with E-state index in [9.17, 15) is 60.0 Å². The lowest BCUT2D eigenvalue weighted by Gasteiger charge is -2.33. The number of rotatable bonds is 24. The first-order chi connectivity index (χ1) is 62.0. The maximum absolute atomic E-state index is 12.4. The largest absolute Gasteiger partial charge is 0.454 e. The minimum Gasteiger partial charge on any atom is -0.454 e. The van der Waals surface area contributed by atoms with Gasteiger partial charge in [-0.15, -0.1) is 11.6 Å². The monoisotopic (exact) mass is 1830 g/mol. The number of aromatic nitrogens is 2. The second-order valence-electron chi connectivity index (χ2n) is 32.9. The lowest BCUT2D eigenvalue weighted by molar-refractivity contribution is -0.126. The highest BCUT2D eigenvalue weighted by molar-refractivity contribution is 7.90. The van der Waals surface area contributed by atoms with Crippen LogP contribution >= 0.6 is 11.6 Å². The van der Waals surface area contributed by atoms with Crippen LogP contribution < -0.4 is 67.6 Å². The van der Waals surface area contributed by atoms with Crippen LogP contribution in [-0.2, 0) is 91.6 Å². The van der Waals surface area contributed by atoms with E-state index in [2.05, 4.69) is 139 Å². The zero-order valence-electron chi connectivity index (χ0n) is 74.0. The Labute approximate surface area is 766 Å². The predicted octanol–water partition coefficient (Wildman–Crippen LogP) is 11.6. The number of nitrogens with one attached hydrogen (secondary N) is 9. The lowest BCUT2D eigenvalue weighted by Crippen LogP contribution is -2.49. The summed E-state index contributed by atoms with van der Waals surface area (Å²) in [5.41, 5.74) is 23.1. The van der Waals surface area contributed by atoms with Crippen molar-refractivity contribution in [2.45, 2.75) is 195 Å². The Hall–Kier alpha value is -12.1. The summed E-state index contributed by atoms with van der Waals surface area (Å²) in [5, 5.41) is 19.6. The molecule has 15 rings (SSSR count). The number of nitrogen functional groups attached to an aromatic ring is 2. The number of likely N-dealkylation sites (N-methyl/N-ethyl adjacent to an activating group) is 2. The molecule has 6 aromatic carbocycles. The Bertz CT molecular complexity index is 5530. The van der Waals surface area contributed by atoms with Crippen LogP contribution in [0.2, 0.25) is 0 Å². The predicted molar refractivity (Wildman–Crippen MR) is 503 cm³/mol. The number of amides is 5. The van der Waals surface area contributed by atoms with Crippen LogP contribution in [0.5, 0.6) is 11.5 Å². The van der Waals surface area contributed by atoms with E-state index in [0.29, 0.717) is 104 Å². The summed E-state index contributed by atoms with van der Waals surface area (Å²) >= 11 is 5.46. The number of sulfonamides is 2. The van der Waals surface area contributed by atoms with E-state index in [-0.39, 0.29) is 106 Å². The topological polar surface area (TPSA) is 425 Å². The molecule has 5 amide bonds. The van der Waals surface area contributed by atoms with Gasteiger partial charge in [-0.25, -0.2) is 21.8 Å². The SMILES string of the molecule is C=C1CCC(CC(=O)c2ccccc2NC(=O)CCl)C(=O)N1.C=C1CCC(N(C)Cc2ccc3c(c2)OCO3)C(=O)C1.C=C1CCC(N(CC)Cc2ccccc2)C(=O)C1.C=C1CCC(NCc2ccccc2)C(=O)C1.C=C1CCC(NCc2cncn2C)C(=O)N1.C=C1CCC(NS(=O)(=O)c2cccc(N)c2)C(=O)N1.C=C1CCC(NS(=O)(=O)c2ccccc2N)C(=O)N1. The molecule has 4 saturated heterocycles. The van der Waals surface area contributed by atoms with Gasteiger partial charge >= 0.3 is 0 Å². The fraction of sp³-hybridized carbons (Fsp3) is 0.361. The maximum atomic E-state index is 12.4. The van der Waals surface area contributed by atoms with E-state index >= 15 is 0 Å². The van der Waals surface area contributed by atoms with E-state index in [1.165, 1.54) is 35.4 Å². The number of piperidine rings is 4. The zero-order valence-corrected chi connectivity index (χ0v) is 76.4. The number of Topliss-reactive ketones (excluding diaryl/α,β-unsaturated/α-hetero) is 4. The van der Waals surface area contributed by atoms with Crippen molar-refractivity contribution in [3.8, 4) is 11.5 Å². The Balaban J connectivity index is 0.000000171. The van der Waals surface area contributed by atoms with Gasteiger partial charge in [-0.05, 0) is 175 Å². The summed E-state index contributed by atoms with van der Waals surface area (Å²) < 4.78 is 65.9. The Kier molecular flexibility index (Phi) is 38.8. The zero-order chi connectivity index (χ0) is 94.2. The number of fused-ring (bicyclic) bond motifs is 1. The molecule has 13 N–H and O–H groups in total. The second kappa shape index (κ2) is 49.6. The number of anilines is 3. The van der Waals surface area contributed by atoms with Crippen LogP contribution in [-0.4, -0.2) is 151 Å². The second-order valence-corrected chi connectivity index (χ2v) is 36.5. The molecule has 1 aromatic heterocycles. The number of ether oxygens (including phenoxy) is 2. The third-order valence-electron chi connectivity index (χ3n) is 22.6. The van der Waals surface area contributed by atoms with Gasteiger partial charge in [-0.2, -0.15) is 9.44 Å². The van der Waals surface area contributed by atoms with Gasteiger partial charge in [0.15, 0.2) is 34.6 Å².